The normalized spacial score (nSPS) is 19.1. The van der Waals surface area contributed by atoms with Crippen LogP contribution in [0.3, 0.4) is 0 Å². The topological polar surface area (TPSA) is 97.0 Å². The van der Waals surface area contributed by atoms with Gasteiger partial charge in [-0.05, 0) is 0 Å². The molecule has 1 saturated heterocycles. The van der Waals surface area contributed by atoms with Gasteiger partial charge >= 0.3 is 227 Å². The van der Waals surface area contributed by atoms with E-state index in [1.54, 1.807) is 30.9 Å². The molecule has 1 aromatic rings. The van der Waals surface area contributed by atoms with E-state index in [4.69, 9.17) is 9.47 Å². The van der Waals surface area contributed by atoms with Crippen LogP contribution in [-0.4, -0.2) is 64.1 Å². The Bertz CT molecular complexity index is 883. The maximum atomic E-state index is 13.3. The number of nitrogens with one attached hydrogen (secondary N) is 2. The van der Waals surface area contributed by atoms with Crippen molar-refractivity contribution >= 4 is 38.6 Å². The second-order valence-corrected chi connectivity index (χ2v) is 15.7. The van der Waals surface area contributed by atoms with E-state index in [2.05, 4.69) is 10.6 Å². The van der Waals surface area contributed by atoms with Crippen molar-refractivity contribution in [2.75, 3.05) is 31.0 Å². The van der Waals surface area contributed by atoms with Crippen molar-refractivity contribution < 1.29 is 44.0 Å². The third-order valence-electron chi connectivity index (χ3n) is 6.26. The summed E-state index contributed by atoms with van der Waals surface area (Å²) in [4.78, 5) is 39.0. The Morgan fingerprint density at radius 1 is 1.16 bits per heavy atom. The second kappa shape index (κ2) is 15.9. The molecule has 3 amide bonds. The van der Waals surface area contributed by atoms with Gasteiger partial charge < -0.3 is 4.74 Å². The average molecular weight is 665 g/mol. The summed E-state index contributed by atoms with van der Waals surface area (Å²) in [5.41, 5.74) is 0.949. The van der Waals surface area contributed by atoms with Gasteiger partial charge in [0.2, 0.25) is 0 Å². The van der Waals surface area contributed by atoms with E-state index < -0.39 is 38.3 Å². The van der Waals surface area contributed by atoms with E-state index in [1.807, 2.05) is 38.1 Å². The number of hydrogen-bond donors (Lipinski definition) is 2. The fourth-order valence-electron chi connectivity index (χ4n) is 4.10. The number of nitrogens with zero attached hydrogens (tertiary/aromatic N) is 1. The van der Waals surface area contributed by atoms with Crippen LogP contribution in [0.25, 0.3) is 0 Å². The molecular formula is C26H39IN3O5S2-. The van der Waals surface area contributed by atoms with Crippen LogP contribution >= 0.6 is 20.7 Å². The van der Waals surface area contributed by atoms with Gasteiger partial charge in [0.05, 0.1) is 7.11 Å². The number of rotatable bonds is 12. The predicted octanol–water partition coefficient (Wildman–Crippen LogP) is 1.24. The summed E-state index contributed by atoms with van der Waals surface area (Å²) in [6.07, 6.45) is 5.91. The molecule has 0 bridgehead atoms. The van der Waals surface area contributed by atoms with E-state index >= 15 is 0 Å². The Labute approximate surface area is 238 Å². The molecule has 1 aromatic carbocycles. The number of ether oxygens (including phenoxy) is 2. The summed E-state index contributed by atoms with van der Waals surface area (Å²) in [7, 11) is 3.24. The number of carbonyl (C=O) groups excluding carboxylic acids is 3. The molecule has 37 heavy (non-hydrogen) atoms. The fourth-order valence-corrected chi connectivity index (χ4v) is 10.7. The molecular weight excluding hydrogens is 625 g/mol. The average Bonchev–Trinajstić information content (AvgIpc) is 3.41. The van der Waals surface area contributed by atoms with Crippen molar-refractivity contribution in [3.8, 4) is 5.75 Å². The van der Waals surface area contributed by atoms with E-state index in [0.29, 0.717) is 30.6 Å². The third-order valence-corrected chi connectivity index (χ3v) is 12.5. The molecule has 0 aromatic heterocycles. The van der Waals surface area contributed by atoms with Gasteiger partial charge in [-0.3, -0.25) is 0 Å². The summed E-state index contributed by atoms with van der Waals surface area (Å²) in [6, 6.07) is 6.26. The number of amides is 3. The van der Waals surface area contributed by atoms with E-state index in [9.17, 15) is 14.4 Å². The van der Waals surface area contributed by atoms with Crippen molar-refractivity contribution in [3.63, 3.8) is 0 Å². The van der Waals surface area contributed by atoms with Crippen molar-refractivity contribution in [3.05, 3.63) is 29.8 Å². The molecule has 3 rings (SSSR count). The molecule has 0 spiro atoms. The Hall–Kier alpha value is -1.34. The molecule has 2 fully saturated rings. The van der Waals surface area contributed by atoms with E-state index in [0.717, 1.165) is 17.1 Å². The molecule has 2 aliphatic rings. The van der Waals surface area contributed by atoms with Gasteiger partial charge in [0, 0.05) is 0 Å². The number of methoxy groups -OCH3 is 1. The van der Waals surface area contributed by atoms with Crippen LogP contribution in [0.2, 0.25) is 0 Å². The molecule has 2 N–H and O–H groups in total. The zero-order valence-electron chi connectivity index (χ0n) is 21.9. The molecule has 2 atom stereocenters. The minimum atomic E-state index is -0.676. The van der Waals surface area contributed by atoms with Crippen LogP contribution < -0.4 is 35.5 Å². The number of hydrogen-bond acceptors (Lipinski definition) is 7. The number of halogens is 1. The molecule has 1 heterocycles. The van der Waals surface area contributed by atoms with Gasteiger partial charge in [0.15, 0.2) is 0 Å². The van der Waals surface area contributed by atoms with Crippen LogP contribution in [0, 0.1) is 11.8 Å². The van der Waals surface area contributed by atoms with Gasteiger partial charge in [-0.25, -0.2) is 0 Å². The SMILES string of the molecule is COc1ccc(CNC(=O)[C@H](CSCC2CCCCC2)NC(=O)[C@@H]2CS[I-]N2C(=O)OCC(C)C)cc1. The summed E-state index contributed by atoms with van der Waals surface area (Å²) in [6.45, 7) is 4.64. The van der Waals surface area contributed by atoms with Crippen LogP contribution in [0.4, 0.5) is 4.79 Å². The van der Waals surface area contributed by atoms with Crippen LogP contribution in [0.15, 0.2) is 24.3 Å². The first-order valence-electron chi connectivity index (χ1n) is 12.9. The minimum absolute atomic E-state index is 0.213. The number of thioether (sulfide) groups is 1. The van der Waals surface area contributed by atoms with Crippen LogP contribution in [-0.2, 0) is 20.9 Å². The van der Waals surface area contributed by atoms with Crippen molar-refractivity contribution in [2.24, 2.45) is 11.8 Å². The summed E-state index contributed by atoms with van der Waals surface area (Å²) < 4.78 is 12.2. The van der Waals surface area contributed by atoms with Gasteiger partial charge in [-0.15, -0.1) is 0 Å². The van der Waals surface area contributed by atoms with Gasteiger partial charge in [-0.1, -0.05) is 0 Å². The molecule has 0 unspecified atom stereocenters. The number of benzene rings is 1. The van der Waals surface area contributed by atoms with Crippen molar-refractivity contribution in [2.45, 2.75) is 64.6 Å². The molecule has 1 saturated carbocycles. The molecule has 1 aliphatic carbocycles. The van der Waals surface area contributed by atoms with Crippen molar-refractivity contribution in [1.82, 2.24) is 13.7 Å². The van der Waals surface area contributed by atoms with Crippen LogP contribution in [0.1, 0.15) is 51.5 Å². The third kappa shape index (κ3) is 10.0. The van der Waals surface area contributed by atoms with E-state index in [-0.39, 0.29) is 17.7 Å². The first kappa shape index (κ1) is 30.2. The second-order valence-electron chi connectivity index (χ2n) is 9.81. The quantitative estimate of drug-likeness (QED) is 0.257. The zero-order valence-corrected chi connectivity index (χ0v) is 25.7. The Morgan fingerprint density at radius 2 is 1.89 bits per heavy atom. The van der Waals surface area contributed by atoms with Crippen LogP contribution in [0.5, 0.6) is 5.75 Å². The summed E-state index contributed by atoms with van der Waals surface area (Å²) in [5.74, 6) is 3.20. The number of carbonyl (C=O) groups is 3. The molecule has 208 valence electrons. The molecule has 11 heteroatoms. The maximum absolute atomic E-state index is 13.3. The summed E-state index contributed by atoms with van der Waals surface area (Å²) in [5, 5.41) is 5.94. The van der Waals surface area contributed by atoms with Crippen molar-refractivity contribution in [1.29, 1.82) is 0 Å². The first-order chi connectivity index (χ1) is 17.9. The van der Waals surface area contributed by atoms with Gasteiger partial charge in [-0.2, -0.15) is 0 Å². The standard InChI is InChI=1S/C26H39IN3O5S2/c1-18(2)14-35-26(33)30-23(17-37-27-30)25(32)29-22(16-36-15-20-7-5-4-6-8-20)24(31)28-13-19-9-11-21(34-3)12-10-19/h9-12,18,20,22-23H,4-8,13-17H2,1-3H3,(H,28,31)(H,29,32)/q-1/t22-,23-/m0/s1. The Kier molecular flexibility index (Phi) is 13.0. The molecule has 0 radical (unpaired) electrons. The van der Waals surface area contributed by atoms with Gasteiger partial charge in [0.25, 0.3) is 0 Å². The summed E-state index contributed by atoms with van der Waals surface area (Å²) >= 11 is 1.05. The molecule has 8 nitrogen and oxygen atoms in total. The Morgan fingerprint density at radius 3 is 2.57 bits per heavy atom. The monoisotopic (exact) mass is 664 g/mol. The van der Waals surface area contributed by atoms with Gasteiger partial charge in [0.1, 0.15) is 0 Å². The van der Waals surface area contributed by atoms with E-state index in [1.165, 1.54) is 32.1 Å². The predicted molar refractivity (Wildman–Crippen MR) is 145 cm³/mol. The Balaban J connectivity index is 1.59. The zero-order chi connectivity index (χ0) is 26.6. The fraction of sp³-hybridized carbons (Fsp3) is 0.654. The molecule has 1 aliphatic heterocycles. The first-order valence-corrected chi connectivity index (χ1v) is 18.5.